The topological polar surface area (TPSA) is 34.9 Å². The zero-order chi connectivity index (χ0) is 14.8. The summed E-state index contributed by atoms with van der Waals surface area (Å²) in [6.07, 6.45) is 1.63. The molecule has 3 nitrogen and oxygen atoms in total. The van der Waals surface area contributed by atoms with Crippen LogP contribution in [0.5, 0.6) is 0 Å². The Morgan fingerprint density at radius 1 is 1.19 bits per heavy atom. The maximum Gasteiger partial charge on any atom is 0.157 e. The van der Waals surface area contributed by atoms with Gasteiger partial charge < -0.3 is 4.57 Å². The first-order valence-electron chi connectivity index (χ1n) is 6.49. The van der Waals surface area contributed by atoms with Gasteiger partial charge in [-0.2, -0.15) is 0 Å². The molecule has 0 unspecified atom stereocenters. The number of carbonyl (C=O) groups excluding carboxylic acids is 1. The van der Waals surface area contributed by atoms with E-state index in [2.05, 4.69) is 4.98 Å². The van der Waals surface area contributed by atoms with Gasteiger partial charge >= 0.3 is 0 Å². The molecule has 3 rings (SSSR count). The van der Waals surface area contributed by atoms with Crippen molar-refractivity contribution in [1.29, 1.82) is 0 Å². The minimum atomic E-state index is -0.525. The van der Waals surface area contributed by atoms with E-state index >= 15 is 0 Å². The molecule has 0 spiro atoms. The normalized spacial score (nSPS) is 11.0. The monoisotopic (exact) mass is 302 g/mol. The molecule has 0 saturated carbocycles. The van der Waals surface area contributed by atoms with E-state index in [4.69, 9.17) is 11.6 Å². The number of aromatic nitrogens is 2. The molecular weight excluding hydrogens is 291 g/mol. The third-order valence-corrected chi connectivity index (χ3v) is 3.59. The van der Waals surface area contributed by atoms with Crippen LogP contribution >= 0.6 is 11.6 Å². The van der Waals surface area contributed by atoms with Gasteiger partial charge in [0.05, 0.1) is 28.9 Å². The first-order valence-corrected chi connectivity index (χ1v) is 6.87. The molecular formula is C16H12ClFN2O. The molecule has 2 aromatic carbocycles. The number of rotatable bonds is 4. The molecule has 0 fully saturated rings. The molecule has 0 atom stereocenters. The Hall–Kier alpha value is -2.20. The van der Waals surface area contributed by atoms with E-state index in [9.17, 15) is 9.18 Å². The number of fused-ring (bicyclic) bond motifs is 1. The largest absolute Gasteiger partial charge is 0.323 e. The number of imidazole rings is 1. The van der Waals surface area contributed by atoms with Gasteiger partial charge in [0.25, 0.3) is 0 Å². The molecule has 0 bridgehead atoms. The highest BCUT2D eigenvalue weighted by molar-refractivity contribution is 6.30. The fourth-order valence-corrected chi connectivity index (χ4v) is 2.47. The van der Waals surface area contributed by atoms with Crippen LogP contribution in [0.1, 0.15) is 5.56 Å². The lowest BCUT2D eigenvalue weighted by Crippen LogP contribution is -2.12. The summed E-state index contributed by atoms with van der Waals surface area (Å²) < 4.78 is 15.6. The standard InChI is InChI=1S/C16H12ClFN2O/c17-13-5-3-4-11(16(13)18)8-12(21)9-20-10-19-14-6-1-2-7-15(14)20/h1-7,10H,8-9H2. The zero-order valence-corrected chi connectivity index (χ0v) is 11.8. The second-order valence-electron chi connectivity index (χ2n) is 4.79. The molecule has 0 amide bonds. The van der Waals surface area contributed by atoms with Gasteiger partial charge in [-0.1, -0.05) is 35.9 Å². The summed E-state index contributed by atoms with van der Waals surface area (Å²) in [4.78, 5) is 16.4. The maximum absolute atomic E-state index is 13.8. The SMILES string of the molecule is O=C(Cc1cccc(Cl)c1F)Cn1cnc2ccccc21. The molecule has 106 valence electrons. The second-order valence-corrected chi connectivity index (χ2v) is 5.20. The molecule has 0 N–H and O–H groups in total. The fraction of sp³-hybridized carbons (Fsp3) is 0.125. The van der Waals surface area contributed by atoms with Gasteiger partial charge in [0.15, 0.2) is 5.78 Å². The number of para-hydroxylation sites is 2. The molecule has 0 saturated heterocycles. The van der Waals surface area contributed by atoms with E-state index in [1.54, 1.807) is 23.0 Å². The molecule has 0 aliphatic rings. The smallest absolute Gasteiger partial charge is 0.157 e. The summed E-state index contributed by atoms with van der Waals surface area (Å²) in [6.45, 7) is 0.159. The van der Waals surface area contributed by atoms with Gasteiger partial charge in [-0.05, 0) is 23.8 Å². The number of carbonyl (C=O) groups is 1. The van der Waals surface area contributed by atoms with Crippen LogP contribution in [-0.4, -0.2) is 15.3 Å². The molecule has 0 aliphatic carbocycles. The van der Waals surface area contributed by atoms with Gasteiger partial charge in [-0.25, -0.2) is 9.37 Å². The maximum atomic E-state index is 13.8. The molecule has 0 aliphatic heterocycles. The summed E-state index contributed by atoms with van der Waals surface area (Å²) in [5.74, 6) is -0.623. The van der Waals surface area contributed by atoms with Crippen molar-refractivity contribution in [2.24, 2.45) is 0 Å². The van der Waals surface area contributed by atoms with Crippen LogP contribution in [0.3, 0.4) is 0 Å². The Kier molecular flexibility index (Phi) is 3.71. The highest BCUT2D eigenvalue weighted by Gasteiger charge is 2.12. The predicted octanol–water partition coefficient (Wildman–Crippen LogP) is 3.64. The summed E-state index contributed by atoms with van der Waals surface area (Å²) in [7, 11) is 0. The average Bonchev–Trinajstić information content (AvgIpc) is 2.87. The quantitative estimate of drug-likeness (QED) is 0.737. The summed E-state index contributed by atoms with van der Waals surface area (Å²) in [5.41, 5.74) is 2.04. The van der Waals surface area contributed by atoms with E-state index in [0.717, 1.165) is 11.0 Å². The minimum Gasteiger partial charge on any atom is -0.323 e. The first-order chi connectivity index (χ1) is 10.1. The highest BCUT2D eigenvalue weighted by atomic mass is 35.5. The predicted molar refractivity (Wildman–Crippen MR) is 79.9 cm³/mol. The van der Waals surface area contributed by atoms with Gasteiger partial charge in [0.1, 0.15) is 5.82 Å². The van der Waals surface area contributed by atoms with Gasteiger partial charge in [-0.3, -0.25) is 4.79 Å². The van der Waals surface area contributed by atoms with Crippen LogP contribution in [0.15, 0.2) is 48.8 Å². The zero-order valence-electron chi connectivity index (χ0n) is 11.1. The minimum absolute atomic E-state index is 0.0128. The van der Waals surface area contributed by atoms with Gasteiger partial charge in [0.2, 0.25) is 0 Å². The van der Waals surface area contributed by atoms with Crippen molar-refractivity contribution in [3.63, 3.8) is 0 Å². The molecule has 21 heavy (non-hydrogen) atoms. The molecule has 0 radical (unpaired) electrons. The number of ketones is 1. The van der Waals surface area contributed by atoms with Crippen molar-refractivity contribution in [3.8, 4) is 0 Å². The van der Waals surface area contributed by atoms with Crippen LogP contribution in [-0.2, 0) is 17.8 Å². The van der Waals surface area contributed by atoms with Crippen molar-refractivity contribution in [1.82, 2.24) is 9.55 Å². The first kappa shape index (κ1) is 13.8. The van der Waals surface area contributed by atoms with Crippen molar-refractivity contribution in [2.75, 3.05) is 0 Å². The van der Waals surface area contributed by atoms with Gasteiger partial charge in [-0.15, -0.1) is 0 Å². The third kappa shape index (κ3) is 2.81. The van der Waals surface area contributed by atoms with E-state index in [-0.39, 0.29) is 23.8 Å². The lowest BCUT2D eigenvalue weighted by Gasteiger charge is -2.06. The molecule has 1 heterocycles. The Morgan fingerprint density at radius 3 is 2.86 bits per heavy atom. The van der Waals surface area contributed by atoms with Crippen molar-refractivity contribution in [2.45, 2.75) is 13.0 Å². The van der Waals surface area contributed by atoms with E-state index < -0.39 is 5.82 Å². The Morgan fingerprint density at radius 2 is 2.00 bits per heavy atom. The molecule has 5 heteroatoms. The Bertz CT molecular complexity index is 813. The Balaban J connectivity index is 1.79. The fourth-order valence-electron chi connectivity index (χ4n) is 2.28. The van der Waals surface area contributed by atoms with Crippen LogP contribution in [0.4, 0.5) is 4.39 Å². The van der Waals surface area contributed by atoms with E-state index in [1.165, 1.54) is 6.07 Å². The summed E-state index contributed by atoms with van der Waals surface area (Å²) >= 11 is 5.72. The van der Waals surface area contributed by atoms with Crippen molar-refractivity contribution >= 4 is 28.4 Å². The number of nitrogens with zero attached hydrogens (tertiary/aromatic N) is 2. The van der Waals surface area contributed by atoms with E-state index in [1.807, 2.05) is 24.3 Å². The number of hydrogen-bond acceptors (Lipinski definition) is 2. The molecule has 3 aromatic rings. The third-order valence-electron chi connectivity index (χ3n) is 3.29. The van der Waals surface area contributed by atoms with E-state index in [0.29, 0.717) is 5.56 Å². The number of benzene rings is 2. The lowest BCUT2D eigenvalue weighted by atomic mass is 10.1. The van der Waals surface area contributed by atoms with Crippen LogP contribution in [0.25, 0.3) is 11.0 Å². The summed E-state index contributed by atoms with van der Waals surface area (Å²) in [5, 5.41) is 0.0355. The van der Waals surface area contributed by atoms with Crippen LogP contribution in [0.2, 0.25) is 5.02 Å². The number of hydrogen-bond donors (Lipinski definition) is 0. The number of Topliss-reactive ketones (excluding diaryl/α,β-unsaturated/α-hetero) is 1. The summed E-state index contributed by atoms with van der Waals surface area (Å²) in [6, 6.07) is 12.2. The van der Waals surface area contributed by atoms with Crippen LogP contribution in [0, 0.1) is 5.82 Å². The lowest BCUT2D eigenvalue weighted by molar-refractivity contribution is -0.119. The van der Waals surface area contributed by atoms with Crippen molar-refractivity contribution < 1.29 is 9.18 Å². The Labute approximate surface area is 126 Å². The number of halogens is 2. The van der Waals surface area contributed by atoms with Gasteiger partial charge in [0, 0.05) is 6.42 Å². The average molecular weight is 303 g/mol. The van der Waals surface area contributed by atoms with Crippen molar-refractivity contribution in [3.05, 3.63) is 65.2 Å². The van der Waals surface area contributed by atoms with Crippen LogP contribution < -0.4 is 0 Å². The molecule has 1 aromatic heterocycles. The highest BCUT2D eigenvalue weighted by Crippen LogP contribution is 2.19. The second kappa shape index (κ2) is 5.66.